The average molecular weight is 826 g/mol. The van der Waals surface area contributed by atoms with Crippen LogP contribution in [0.4, 0.5) is 0 Å². The maximum atomic E-state index is 12.8. The molecule has 0 aliphatic heterocycles. The third-order valence-electron chi connectivity index (χ3n) is 10.6. The molecule has 0 aliphatic carbocycles. The molecular formula is C48H94N2O6P+. The topological polar surface area (TPSA) is 105 Å². The molecule has 0 aromatic carbocycles. The Morgan fingerprint density at radius 1 is 0.596 bits per heavy atom. The molecule has 8 nitrogen and oxygen atoms in total. The second-order valence-corrected chi connectivity index (χ2v) is 18.9. The van der Waals surface area contributed by atoms with E-state index in [1.807, 2.05) is 27.2 Å². The molecule has 3 N–H and O–H groups in total. The molecule has 0 heterocycles. The Morgan fingerprint density at radius 3 is 1.46 bits per heavy atom. The Balaban J connectivity index is 3.93. The lowest BCUT2D eigenvalue weighted by atomic mass is 10.0. The minimum Gasteiger partial charge on any atom is -0.387 e. The first-order valence-corrected chi connectivity index (χ1v) is 25.4. The molecule has 9 heteroatoms. The number of quaternary nitrogens is 1. The molecule has 57 heavy (non-hydrogen) atoms. The van der Waals surface area contributed by atoms with Crippen molar-refractivity contribution < 1.29 is 32.9 Å². The van der Waals surface area contributed by atoms with Gasteiger partial charge in [0.1, 0.15) is 13.2 Å². The van der Waals surface area contributed by atoms with Gasteiger partial charge in [-0.05, 0) is 51.4 Å². The fourth-order valence-electron chi connectivity index (χ4n) is 6.78. The van der Waals surface area contributed by atoms with Crippen LogP contribution >= 0.6 is 7.82 Å². The Bertz CT molecular complexity index is 1030. The van der Waals surface area contributed by atoms with Gasteiger partial charge in [0.05, 0.1) is 39.9 Å². The molecule has 336 valence electrons. The van der Waals surface area contributed by atoms with Gasteiger partial charge in [0.25, 0.3) is 0 Å². The third kappa shape index (κ3) is 42.6. The first-order chi connectivity index (χ1) is 27.5. The number of nitrogens with one attached hydrogen (secondary N) is 1. The van der Waals surface area contributed by atoms with Gasteiger partial charge in [-0.1, -0.05) is 192 Å². The van der Waals surface area contributed by atoms with Crippen molar-refractivity contribution in [2.75, 3.05) is 40.9 Å². The number of likely N-dealkylation sites (N-methyl/N-ethyl adjacent to an activating group) is 1. The van der Waals surface area contributed by atoms with Gasteiger partial charge in [-0.25, -0.2) is 4.57 Å². The van der Waals surface area contributed by atoms with Crippen LogP contribution in [0, 0.1) is 0 Å². The number of rotatable bonds is 43. The average Bonchev–Trinajstić information content (AvgIpc) is 3.16. The predicted molar refractivity (Wildman–Crippen MR) is 244 cm³/mol. The van der Waals surface area contributed by atoms with E-state index in [1.165, 1.54) is 141 Å². The number of hydrogen-bond donors (Lipinski definition) is 3. The van der Waals surface area contributed by atoms with E-state index in [4.69, 9.17) is 9.05 Å². The smallest absolute Gasteiger partial charge is 0.387 e. The highest BCUT2D eigenvalue weighted by Crippen LogP contribution is 2.43. The third-order valence-corrected chi connectivity index (χ3v) is 11.6. The largest absolute Gasteiger partial charge is 0.472 e. The quantitative estimate of drug-likeness (QED) is 0.0245. The Labute approximate surface area is 353 Å². The van der Waals surface area contributed by atoms with Crippen molar-refractivity contribution in [2.45, 2.75) is 225 Å². The van der Waals surface area contributed by atoms with Crippen LogP contribution in [0.3, 0.4) is 0 Å². The predicted octanol–water partition coefficient (Wildman–Crippen LogP) is 13.5. The van der Waals surface area contributed by atoms with Crippen molar-refractivity contribution in [3.8, 4) is 0 Å². The van der Waals surface area contributed by atoms with Crippen molar-refractivity contribution in [3.05, 3.63) is 36.5 Å². The number of unbranched alkanes of at least 4 members (excludes halogenated alkanes) is 26. The first-order valence-electron chi connectivity index (χ1n) is 23.9. The number of phosphoric ester groups is 1. The molecule has 3 unspecified atom stereocenters. The lowest BCUT2D eigenvalue weighted by Crippen LogP contribution is -2.45. The zero-order valence-electron chi connectivity index (χ0n) is 38.1. The molecule has 0 saturated carbocycles. The van der Waals surface area contributed by atoms with Gasteiger partial charge in [-0.2, -0.15) is 0 Å². The van der Waals surface area contributed by atoms with Crippen LogP contribution in [-0.4, -0.2) is 73.4 Å². The summed E-state index contributed by atoms with van der Waals surface area (Å²) in [5.74, 6) is -0.182. The standard InChI is InChI=1S/C48H93N2O6P/c1-6-8-10-12-14-15-16-17-18-19-20-21-22-23-24-25-26-27-28-29-30-31-32-33-34-35-36-38-40-42-48(52)49-46(47(51)41-39-37-13-11-9-7-2)45-56-57(53,54)55-44-43-50(3,4)5/h16-17,19-20,39,41,46-47,51H,6-15,18,21-38,40,42-45H2,1-5H3,(H-,49,52,53,54)/p+1/b17-16-,20-19-,41-39+. The highest BCUT2D eigenvalue weighted by atomic mass is 31.2. The molecule has 0 aromatic heterocycles. The maximum Gasteiger partial charge on any atom is 0.472 e. The number of allylic oxidation sites excluding steroid dienone is 5. The van der Waals surface area contributed by atoms with Crippen LogP contribution in [0.15, 0.2) is 36.5 Å². The van der Waals surface area contributed by atoms with Crippen molar-refractivity contribution in [1.29, 1.82) is 0 Å². The highest BCUT2D eigenvalue weighted by Gasteiger charge is 2.27. The van der Waals surface area contributed by atoms with E-state index in [2.05, 4.69) is 43.5 Å². The zero-order chi connectivity index (χ0) is 42.1. The molecule has 1 amide bonds. The molecule has 0 aliphatic rings. The van der Waals surface area contributed by atoms with E-state index >= 15 is 0 Å². The number of nitrogens with zero attached hydrogens (tertiary/aromatic N) is 1. The van der Waals surface area contributed by atoms with Gasteiger partial charge in [0, 0.05) is 6.42 Å². The number of carbonyl (C=O) groups excluding carboxylic acids is 1. The van der Waals surface area contributed by atoms with Crippen LogP contribution in [0.1, 0.15) is 213 Å². The van der Waals surface area contributed by atoms with Crippen LogP contribution < -0.4 is 5.32 Å². The molecule has 0 aromatic rings. The Hall–Kier alpha value is -1.28. The number of carbonyl (C=O) groups is 1. The van der Waals surface area contributed by atoms with Gasteiger partial charge in [0.15, 0.2) is 0 Å². The number of aliphatic hydroxyl groups is 1. The van der Waals surface area contributed by atoms with Crippen molar-refractivity contribution in [1.82, 2.24) is 5.32 Å². The molecular weight excluding hydrogens is 732 g/mol. The normalized spacial score (nSPS) is 14.6. The van der Waals surface area contributed by atoms with Gasteiger partial charge in [-0.15, -0.1) is 0 Å². The highest BCUT2D eigenvalue weighted by molar-refractivity contribution is 7.47. The van der Waals surface area contributed by atoms with Crippen LogP contribution in [-0.2, 0) is 18.4 Å². The summed E-state index contributed by atoms with van der Waals surface area (Å²) in [6, 6.07) is -0.841. The molecule has 3 atom stereocenters. The van der Waals surface area contributed by atoms with Crippen LogP contribution in [0.2, 0.25) is 0 Å². The van der Waals surface area contributed by atoms with Gasteiger partial charge >= 0.3 is 7.82 Å². The lowest BCUT2D eigenvalue weighted by Gasteiger charge is -2.25. The van der Waals surface area contributed by atoms with Crippen molar-refractivity contribution in [2.24, 2.45) is 0 Å². The lowest BCUT2D eigenvalue weighted by molar-refractivity contribution is -0.870. The van der Waals surface area contributed by atoms with E-state index < -0.39 is 20.0 Å². The summed E-state index contributed by atoms with van der Waals surface area (Å²) in [4.78, 5) is 23.0. The number of aliphatic hydroxyl groups excluding tert-OH is 1. The van der Waals surface area contributed by atoms with Crippen LogP contribution in [0.25, 0.3) is 0 Å². The van der Waals surface area contributed by atoms with E-state index in [-0.39, 0.29) is 19.1 Å². The molecule has 0 rings (SSSR count). The second kappa shape index (κ2) is 40.1. The fourth-order valence-corrected chi connectivity index (χ4v) is 7.51. The SMILES string of the molecule is CCCCCC/C=C/C(O)C(COP(=O)(O)OCC[N+](C)(C)C)NC(=O)CCCCCCCCCCCCCCCCCCC/C=C\C/C=C\CCCCCCC. The van der Waals surface area contributed by atoms with E-state index in [0.717, 1.165) is 51.4 Å². The molecule has 0 fully saturated rings. The summed E-state index contributed by atoms with van der Waals surface area (Å²) in [6.07, 6.45) is 49.8. The maximum absolute atomic E-state index is 12.8. The van der Waals surface area contributed by atoms with Gasteiger partial charge in [-0.3, -0.25) is 13.8 Å². The summed E-state index contributed by atoms with van der Waals surface area (Å²) in [5, 5.41) is 13.7. The van der Waals surface area contributed by atoms with Crippen molar-refractivity contribution in [3.63, 3.8) is 0 Å². The number of phosphoric acid groups is 1. The summed E-state index contributed by atoms with van der Waals surface area (Å²) < 4.78 is 23.4. The van der Waals surface area contributed by atoms with Crippen LogP contribution in [0.5, 0.6) is 0 Å². The van der Waals surface area contributed by atoms with Crippen molar-refractivity contribution >= 4 is 13.7 Å². The number of hydrogen-bond acceptors (Lipinski definition) is 5. The Morgan fingerprint density at radius 2 is 1.00 bits per heavy atom. The minimum absolute atomic E-state index is 0.0614. The number of amides is 1. The zero-order valence-corrected chi connectivity index (χ0v) is 39.0. The van der Waals surface area contributed by atoms with Gasteiger partial charge < -0.3 is 19.8 Å². The molecule has 0 bridgehead atoms. The van der Waals surface area contributed by atoms with E-state index in [1.54, 1.807) is 6.08 Å². The summed E-state index contributed by atoms with van der Waals surface area (Å²) >= 11 is 0. The summed E-state index contributed by atoms with van der Waals surface area (Å²) in [5.41, 5.74) is 0. The van der Waals surface area contributed by atoms with Gasteiger partial charge in [0.2, 0.25) is 5.91 Å². The summed E-state index contributed by atoms with van der Waals surface area (Å²) in [6.45, 7) is 4.72. The first kappa shape index (κ1) is 55.7. The molecule has 0 saturated heterocycles. The second-order valence-electron chi connectivity index (χ2n) is 17.5. The minimum atomic E-state index is -4.32. The Kier molecular flexibility index (Phi) is 39.2. The summed E-state index contributed by atoms with van der Waals surface area (Å²) in [7, 11) is 1.57. The van der Waals surface area contributed by atoms with E-state index in [9.17, 15) is 19.4 Å². The van der Waals surface area contributed by atoms with E-state index in [0.29, 0.717) is 17.4 Å². The fraction of sp³-hybridized carbons (Fsp3) is 0.854. The molecule has 0 spiro atoms. The molecule has 0 radical (unpaired) electrons. The monoisotopic (exact) mass is 826 g/mol.